The highest BCUT2D eigenvalue weighted by molar-refractivity contribution is 9.10. The number of rotatable bonds is 3. The molecule has 7 N–H and O–H groups in total. The van der Waals surface area contributed by atoms with Crippen molar-refractivity contribution in [2.75, 3.05) is 30.5 Å². The first-order chi connectivity index (χ1) is 29.7. The molecular formula is C40H41BrCl3N7O9S3. The highest BCUT2D eigenvalue weighted by atomic mass is 79.9. The van der Waals surface area contributed by atoms with Crippen LogP contribution < -0.4 is 30.5 Å². The van der Waals surface area contributed by atoms with E-state index in [0.717, 1.165) is 43.0 Å². The Morgan fingerprint density at radius 3 is 1.49 bits per heavy atom. The van der Waals surface area contributed by atoms with Gasteiger partial charge in [0.15, 0.2) is 0 Å². The zero-order valence-corrected chi connectivity index (χ0v) is 39.5. The topological polar surface area (TPSA) is 249 Å². The molecule has 16 nitrogen and oxygen atoms in total. The van der Waals surface area contributed by atoms with Crippen LogP contribution in [0.2, 0.25) is 15.1 Å². The maximum atomic E-state index is 12.9. The first kappa shape index (κ1) is 45.5. The van der Waals surface area contributed by atoms with E-state index in [-0.39, 0.29) is 16.4 Å². The van der Waals surface area contributed by atoms with Gasteiger partial charge < -0.3 is 16.4 Å². The fourth-order valence-electron chi connectivity index (χ4n) is 9.98. The number of anilines is 6. The first-order valence-electron chi connectivity index (χ1n) is 20.0. The largest absolute Gasteiger partial charge is 0.397 e. The number of hydrogen-bond donors (Lipinski definition) is 6. The fourth-order valence-corrected chi connectivity index (χ4v) is 17.5. The lowest BCUT2D eigenvalue weighted by atomic mass is 9.94. The molecule has 10 rings (SSSR count). The molecule has 2 amide bonds. The summed E-state index contributed by atoms with van der Waals surface area (Å²) in [6.07, 6.45) is 8.25. The second kappa shape index (κ2) is 16.4. The Bertz CT molecular complexity index is 2920. The normalized spacial score (nSPS) is 21.1. The Kier molecular flexibility index (Phi) is 11.9. The Morgan fingerprint density at radius 2 is 1.00 bits per heavy atom. The van der Waals surface area contributed by atoms with Gasteiger partial charge in [-0.15, -0.1) is 0 Å². The third-order valence-electron chi connectivity index (χ3n) is 12.9. The van der Waals surface area contributed by atoms with E-state index in [9.17, 15) is 40.2 Å². The summed E-state index contributed by atoms with van der Waals surface area (Å²) in [4.78, 5) is 22.9. The van der Waals surface area contributed by atoms with Crippen LogP contribution in [0.4, 0.5) is 44.6 Å². The van der Waals surface area contributed by atoms with Crippen LogP contribution in [0.1, 0.15) is 93.7 Å². The van der Waals surface area contributed by atoms with Crippen molar-refractivity contribution < 1.29 is 35.0 Å². The number of carbonyl (C=O) groups is 1. The summed E-state index contributed by atoms with van der Waals surface area (Å²) < 4.78 is 80.5. The molecule has 3 saturated carbocycles. The predicted molar refractivity (Wildman–Crippen MR) is 250 cm³/mol. The van der Waals surface area contributed by atoms with Gasteiger partial charge in [0.1, 0.15) is 19.9 Å². The molecule has 6 aliphatic rings. The van der Waals surface area contributed by atoms with Gasteiger partial charge in [-0.1, -0.05) is 85.5 Å². The van der Waals surface area contributed by atoms with Crippen molar-refractivity contribution in [3.8, 4) is 0 Å². The van der Waals surface area contributed by atoms with E-state index in [2.05, 4.69) is 40.7 Å². The molecule has 0 atom stereocenters. The van der Waals surface area contributed by atoms with E-state index in [1.54, 1.807) is 36.4 Å². The maximum absolute atomic E-state index is 12.9. The lowest BCUT2D eigenvalue weighted by Gasteiger charge is -2.22. The summed E-state index contributed by atoms with van der Waals surface area (Å²) in [5, 5.41) is 17.7. The van der Waals surface area contributed by atoms with Crippen LogP contribution in [0.15, 0.2) is 65.1 Å². The predicted octanol–water partition coefficient (Wildman–Crippen LogP) is 10.5. The molecule has 4 aromatic carbocycles. The molecule has 23 heteroatoms. The van der Waals surface area contributed by atoms with Gasteiger partial charge in [-0.05, 0) is 96.9 Å². The minimum atomic E-state index is -3.66. The van der Waals surface area contributed by atoms with E-state index < -0.39 is 55.3 Å². The molecule has 3 aliphatic carbocycles. The minimum Gasteiger partial charge on any atom is -0.397 e. The molecule has 3 fully saturated rings. The summed E-state index contributed by atoms with van der Waals surface area (Å²) in [6, 6.07) is 15.9. The molecule has 4 aromatic rings. The number of nitro groups is 1. The van der Waals surface area contributed by atoms with Gasteiger partial charge in [0, 0.05) is 42.3 Å². The number of para-hydroxylation sites is 1. The Morgan fingerprint density at radius 1 is 0.603 bits per heavy atom. The highest BCUT2D eigenvalue weighted by Gasteiger charge is 2.58. The summed E-state index contributed by atoms with van der Waals surface area (Å²) >= 11 is 22.1. The molecule has 63 heavy (non-hydrogen) atoms. The summed E-state index contributed by atoms with van der Waals surface area (Å²) in [6.45, 7) is 0. The molecule has 0 aromatic heterocycles. The third-order valence-corrected chi connectivity index (χ3v) is 20.9. The van der Waals surface area contributed by atoms with E-state index in [1.165, 1.54) is 12.1 Å². The summed E-state index contributed by atoms with van der Waals surface area (Å²) in [7, 11) is -10.7. The molecule has 336 valence electrons. The second-order valence-corrected chi connectivity index (χ2v) is 24.3. The molecule has 3 aliphatic heterocycles. The van der Waals surface area contributed by atoms with Gasteiger partial charge >= 0.3 is 6.03 Å². The number of sulfonamides is 3. The summed E-state index contributed by atoms with van der Waals surface area (Å²) in [5.74, 6) is 0. The molecule has 0 unspecified atom stereocenters. The number of nitrogens with zero attached hydrogens (tertiary/aromatic N) is 1. The van der Waals surface area contributed by atoms with Crippen molar-refractivity contribution in [2.45, 2.75) is 91.3 Å². The minimum absolute atomic E-state index is 0.0411. The molecule has 0 bridgehead atoms. The van der Waals surface area contributed by atoms with E-state index in [1.807, 2.05) is 12.1 Å². The number of urea groups is 1. The van der Waals surface area contributed by atoms with Gasteiger partial charge in [-0.25, -0.2) is 30.0 Å². The van der Waals surface area contributed by atoms with Crippen LogP contribution in [0, 0.1) is 10.1 Å². The molecule has 0 radical (unpaired) electrons. The number of amides is 2. The van der Waals surface area contributed by atoms with Crippen molar-refractivity contribution in [3.05, 3.63) is 107 Å². The average molecular weight is 1050 g/mol. The van der Waals surface area contributed by atoms with Crippen molar-refractivity contribution in [3.63, 3.8) is 0 Å². The van der Waals surface area contributed by atoms with Crippen LogP contribution in [0.25, 0.3) is 0 Å². The van der Waals surface area contributed by atoms with E-state index >= 15 is 0 Å². The number of benzene rings is 4. The smallest absolute Gasteiger partial charge is 0.323 e. The van der Waals surface area contributed by atoms with Gasteiger partial charge in [-0.2, -0.15) is 0 Å². The lowest BCUT2D eigenvalue weighted by Crippen LogP contribution is -2.31. The number of fused-ring (bicyclic) bond motifs is 6. The average Bonchev–Trinajstić information content (AvgIpc) is 4.07. The van der Waals surface area contributed by atoms with Gasteiger partial charge in [0.05, 0.1) is 33.4 Å². The quantitative estimate of drug-likeness (QED) is 0.0643. The van der Waals surface area contributed by atoms with Crippen molar-refractivity contribution in [1.29, 1.82) is 0 Å². The monoisotopic (exact) mass is 1040 g/mol. The Labute approximate surface area is 387 Å². The van der Waals surface area contributed by atoms with Crippen LogP contribution in [0.5, 0.6) is 0 Å². The SMILES string of the molecule is Nc1ccc(Cl)c2c1NS(=O)(=O)C21CCCC1.O=C(Nc1ccccc1Br)Nc1ccc(Cl)c2c1NS(=O)(=O)C21CCCC1.O=[N+]([O-])c1ccc(Cl)c2c1NS(=O)(=O)C21CCCC1. The number of nitrogens with one attached hydrogen (secondary N) is 5. The fraction of sp³-hybridized carbons (Fsp3) is 0.375. The molecule has 3 spiro atoms. The molecule has 0 saturated heterocycles. The molecule has 3 heterocycles. The number of halogens is 4. The number of nitrogen functional groups attached to an aromatic ring is 1. The zero-order chi connectivity index (χ0) is 45.3. The van der Waals surface area contributed by atoms with Crippen molar-refractivity contribution >= 4 is 127 Å². The van der Waals surface area contributed by atoms with Crippen molar-refractivity contribution in [1.82, 2.24) is 0 Å². The third kappa shape index (κ3) is 7.36. The standard InChI is InChI=1S/C18H17BrClN3O3S.C11H11ClN2O4S.C11H13ClN2O2S/c19-11-5-1-2-6-13(11)21-17(24)22-14-8-7-12(20)15-16(14)23-27(25,26)18(15)9-3-4-10-18;12-7-3-4-8(14(15)16)10-9(7)11(5-1-2-6-11)19(17,18)13-10;12-7-3-4-8(13)10-9(7)11(5-1-2-6-11)17(15,16)14-10/h1-2,5-8,23H,3-4,9-10H2,(H2,21,22,24);3-4,13H,1-2,5-6H2;3-4,14H,1-2,5-6,13H2. The Balaban J connectivity index is 0.000000134. The zero-order valence-electron chi connectivity index (χ0n) is 33.2. The van der Waals surface area contributed by atoms with Crippen LogP contribution in [0.3, 0.4) is 0 Å². The second-order valence-electron chi connectivity index (χ2n) is 16.3. The number of nitrogens with two attached hydrogens (primary N) is 1. The van der Waals surface area contributed by atoms with E-state index in [4.69, 9.17) is 40.5 Å². The van der Waals surface area contributed by atoms with Crippen molar-refractivity contribution in [2.24, 2.45) is 0 Å². The Hall–Kier alpha value is -4.05. The number of hydrogen-bond acceptors (Lipinski definition) is 10. The lowest BCUT2D eigenvalue weighted by molar-refractivity contribution is -0.383. The number of nitro benzene ring substituents is 1. The number of carbonyl (C=O) groups excluding carboxylic acids is 1. The van der Waals surface area contributed by atoms with Crippen LogP contribution in [-0.4, -0.2) is 36.2 Å². The van der Waals surface area contributed by atoms with Gasteiger partial charge in [0.2, 0.25) is 30.1 Å². The van der Waals surface area contributed by atoms with Gasteiger partial charge in [-0.3, -0.25) is 24.3 Å². The van der Waals surface area contributed by atoms with Crippen LogP contribution >= 0.6 is 50.7 Å². The van der Waals surface area contributed by atoms with Crippen LogP contribution in [-0.2, 0) is 44.3 Å². The van der Waals surface area contributed by atoms with Gasteiger partial charge in [0.25, 0.3) is 5.69 Å². The summed E-state index contributed by atoms with van der Waals surface area (Å²) in [5.41, 5.74) is 9.53. The van der Waals surface area contributed by atoms with E-state index in [0.29, 0.717) is 93.7 Å². The maximum Gasteiger partial charge on any atom is 0.323 e. The highest BCUT2D eigenvalue weighted by Crippen LogP contribution is 2.59. The first-order valence-corrected chi connectivity index (χ1v) is 26.4. The molecular weight excluding hydrogens is 1000 g/mol.